The van der Waals surface area contributed by atoms with E-state index in [1.54, 1.807) is 16.9 Å². The van der Waals surface area contributed by atoms with Crippen molar-refractivity contribution in [1.29, 1.82) is 0 Å². The second kappa shape index (κ2) is 10.6. The number of benzene rings is 1. The number of piperidine rings is 1. The molecule has 1 saturated heterocycles. The lowest BCUT2D eigenvalue weighted by atomic mass is 9.92. The number of thioether (sulfide) groups is 1. The Kier molecular flexibility index (Phi) is 7.16. The number of nitrogens with zero attached hydrogens (tertiary/aromatic N) is 5. The third-order valence-electron chi connectivity index (χ3n) is 6.39. The molecule has 3 aromatic heterocycles. The minimum atomic E-state index is 0.412. The molecular formula is C26H29BN6S. The predicted molar refractivity (Wildman–Crippen MR) is 140 cm³/mol. The van der Waals surface area contributed by atoms with Gasteiger partial charge in [-0.05, 0) is 60.4 Å². The quantitative estimate of drug-likeness (QED) is 0.312. The number of anilines is 1. The molecule has 0 aliphatic carbocycles. The maximum atomic E-state index is 6.20. The van der Waals surface area contributed by atoms with E-state index in [-0.39, 0.29) is 0 Å². The zero-order valence-corrected chi connectivity index (χ0v) is 20.3. The fourth-order valence-corrected chi connectivity index (χ4v) is 5.39. The topological polar surface area (TPSA) is 58.4 Å². The van der Waals surface area contributed by atoms with Crippen LogP contribution in [0.1, 0.15) is 42.5 Å². The van der Waals surface area contributed by atoms with Gasteiger partial charge in [-0.1, -0.05) is 31.2 Å². The second-order valence-electron chi connectivity index (χ2n) is 8.71. The first-order valence-electron chi connectivity index (χ1n) is 11.9. The standard InChI is InChI=1S/C26H29BN6S/c1-2-34-24-8-4-3-7-21(24)18-32-12-9-20(10-13-32)23-14-25(29-16-19-6-5-11-28-15-19)33-26(31-23)22(27)17-30-33/h3-8,11,14-15,17,20,29H,2,9-10,12-13,16,18H2,1H3. The molecule has 5 rings (SSSR count). The number of fused-ring (bicyclic) bond motifs is 1. The highest BCUT2D eigenvalue weighted by molar-refractivity contribution is 7.99. The number of pyridine rings is 1. The summed E-state index contributed by atoms with van der Waals surface area (Å²) < 4.78 is 1.80. The Morgan fingerprint density at radius 3 is 2.76 bits per heavy atom. The van der Waals surface area contributed by atoms with Crippen LogP contribution in [-0.2, 0) is 13.1 Å². The van der Waals surface area contributed by atoms with Gasteiger partial charge in [-0.3, -0.25) is 9.88 Å². The molecular weight excluding hydrogens is 439 g/mol. The van der Waals surface area contributed by atoms with Gasteiger partial charge in [0, 0.05) is 54.3 Å². The summed E-state index contributed by atoms with van der Waals surface area (Å²) in [4.78, 5) is 13.1. The van der Waals surface area contributed by atoms with Crippen molar-refractivity contribution < 1.29 is 0 Å². The summed E-state index contributed by atoms with van der Waals surface area (Å²) >= 11 is 1.93. The van der Waals surface area contributed by atoms with Crippen LogP contribution in [0, 0.1) is 0 Å². The molecule has 4 aromatic rings. The third-order valence-corrected chi connectivity index (χ3v) is 7.39. The van der Waals surface area contributed by atoms with Crippen molar-refractivity contribution >= 4 is 36.5 Å². The summed E-state index contributed by atoms with van der Waals surface area (Å²) in [5, 5.41) is 7.95. The maximum absolute atomic E-state index is 6.20. The number of aromatic nitrogens is 4. The molecule has 6 nitrogen and oxygen atoms in total. The minimum Gasteiger partial charge on any atom is -0.366 e. The molecule has 0 atom stereocenters. The number of hydrogen-bond acceptors (Lipinski definition) is 6. The maximum Gasteiger partial charge on any atom is 0.150 e. The zero-order chi connectivity index (χ0) is 23.3. The normalized spacial score (nSPS) is 15.1. The average Bonchev–Trinajstić information content (AvgIpc) is 3.26. The highest BCUT2D eigenvalue weighted by atomic mass is 32.2. The molecule has 1 aliphatic rings. The van der Waals surface area contributed by atoms with Crippen LogP contribution >= 0.6 is 11.8 Å². The molecule has 0 unspecified atom stereocenters. The van der Waals surface area contributed by atoms with Crippen LogP contribution in [0.25, 0.3) is 5.65 Å². The lowest BCUT2D eigenvalue weighted by molar-refractivity contribution is 0.202. The number of rotatable bonds is 8. The van der Waals surface area contributed by atoms with Gasteiger partial charge < -0.3 is 5.32 Å². The Balaban J connectivity index is 1.30. The van der Waals surface area contributed by atoms with E-state index >= 15 is 0 Å². The van der Waals surface area contributed by atoms with E-state index in [1.807, 2.05) is 24.0 Å². The molecule has 0 bridgehead atoms. The van der Waals surface area contributed by atoms with Gasteiger partial charge in [0.15, 0.2) is 0 Å². The molecule has 1 fully saturated rings. The summed E-state index contributed by atoms with van der Waals surface area (Å²) in [6, 6.07) is 14.9. The molecule has 0 saturated carbocycles. The van der Waals surface area contributed by atoms with Gasteiger partial charge in [0.1, 0.15) is 19.3 Å². The first-order chi connectivity index (χ1) is 16.7. The van der Waals surface area contributed by atoms with Gasteiger partial charge in [0.05, 0.1) is 0 Å². The van der Waals surface area contributed by atoms with Gasteiger partial charge in [-0.15, -0.1) is 11.8 Å². The lowest BCUT2D eigenvalue weighted by Crippen LogP contribution is -2.33. The van der Waals surface area contributed by atoms with Gasteiger partial charge in [0.2, 0.25) is 0 Å². The van der Waals surface area contributed by atoms with E-state index in [4.69, 9.17) is 12.8 Å². The lowest BCUT2D eigenvalue weighted by Gasteiger charge is -2.32. The Labute approximate surface area is 206 Å². The van der Waals surface area contributed by atoms with Crippen LogP contribution in [0.4, 0.5) is 5.82 Å². The van der Waals surface area contributed by atoms with Crippen molar-refractivity contribution in [3.8, 4) is 0 Å². The van der Waals surface area contributed by atoms with Crippen LogP contribution in [0.3, 0.4) is 0 Å². The van der Waals surface area contributed by atoms with Crippen molar-refractivity contribution in [3.05, 3.63) is 77.9 Å². The summed E-state index contributed by atoms with van der Waals surface area (Å²) in [5.74, 6) is 2.42. The summed E-state index contributed by atoms with van der Waals surface area (Å²) in [7, 11) is 6.20. The van der Waals surface area contributed by atoms with Crippen molar-refractivity contribution in [1.82, 2.24) is 24.5 Å². The highest BCUT2D eigenvalue weighted by Gasteiger charge is 2.24. The van der Waals surface area contributed by atoms with Gasteiger partial charge in [-0.25, -0.2) is 4.98 Å². The van der Waals surface area contributed by atoms with Gasteiger partial charge in [0.25, 0.3) is 0 Å². The average molecular weight is 468 g/mol. The van der Waals surface area contributed by atoms with Crippen LogP contribution in [0.5, 0.6) is 0 Å². The third kappa shape index (κ3) is 5.13. The molecule has 0 spiro atoms. The monoisotopic (exact) mass is 468 g/mol. The van der Waals surface area contributed by atoms with E-state index in [2.05, 4.69) is 63.6 Å². The van der Waals surface area contributed by atoms with E-state index in [9.17, 15) is 0 Å². The Hall–Kier alpha value is -2.84. The minimum absolute atomic E-state index is 0.412. The van der Waals surface area contributed by atoms with E-state index < -0.39 is 0 Å². The molecule has 0 amide bonds. The molecule has 1 aromatic carbocycles. The molecule has 8 heteroatoms. The summed E-state index contributed by atoms with van der Waals surface area (Å²) in [5.41, 5.74) is 4.97. The fourth-order valence-electron chi connectivity index (χ4n) is 4.59. The molecule has 1 N–H and O–H groups in total. The first kappa shape index (κ1) is 22.9. The highest BCUT2D eigenvalue weighted by Crippen LogP contribution is 2.31. The van der Waals surface area contributed by atoms with E-state index in [1.165, 1.54) is 10.5 Å². The predicted octanol–water partition coefficient (Wildman–Crippen LogP) is 4.02. The van der Waals surface area contributed by atoms with E-state index in [0.717, 1.165) is 61.0 Å². The molecule has 2 radical (unpaired) electrons. The smallest absolute Gasteiger partial charge is 0.150 e. The molecule has 4 heterocycles. The van der Waals surface area contributed by atoms with Crippen LogP contribution in [0.15, 0.2) is 66.0 Å². The molecule has 172 valence electrons. The van der Waals surface area contributed by atoms with Crippen molar-refractivity contribution in [3.63, 3.8) is 0 Å². The van der Waals surface area contributed by atoms with Crippen molar-refractivity contribution in [2.75, 3.05) is 24.2 Å². The van der Waals surface area contributed by atoms with Gasteiger partial charge in [-0.2, -0.15) is 9.61 Å². The number of nitrogens with one attached hydrogen (secondary N) is 1. The number of hydrogen-bond donors (Lipinski definition) is 1. The van der Waals surface area contributed by atoms with Crippen molar-refractivity contribution in [2.24, 2.45) is 0 Å². The number of likely N-dealkylation sites (tertiary alicyclic amines) is 1. The van der Waals surface area contributed by atoms with E-state index in [0.29, 0.717) is 17.9 Å². The SMILES string of the molecule is [B]c1cnn2c(NCc3cccnc3)cc(C3CCN(Cc4ccccc4SCC)CC3)nc12. The molecule has 1 aliphatic heterocycles. The Morgan fingerprint density at radius 1 is 1.12 bits per heavy atom. The Morgan fingerprint density at radius 2 is 1.97 bits per heavy atom. The van der Waals surface area contributed by atoms with Crippen LogP contribution in [-0.4, -0.2) is 51.2 Å². The molecule has 34 heavy (non-hydrogen) atoms. The van der Waals surface area contributed by atoms with Crippen molar-refractivity contribution in [2.45, 2.75) is 43.7 Å². The van der Waals surface area contributed by atoms with Crippen LogP contribution in [0.2, 0.25) is 0 Å². The largest absolute Gasteiger partial charge is 0.366 e. The van der Waals surface area contributed by atoms with Gasteiger partial charge >= 0.3 is 0 Å². The summed E-state index contributed by atoms with van der Waals surface area (Å²) in [6.45, 7) is 6.02. The first-order valence-corrected chi connectivity index (χ1v) is 12.9. The fraction of sp³-hybridized carbons (Fsp3) is 0.346. The second-order valence-corrected chi connectivity index (χ2v) is 10.0. The summed E-state index contributed by atoms with van der Waals surface area (Å²) in [6.07, 6.45) is 7.51. The zero-order valence-electron chi connectivity index (χ0n) is 19.5. The van der Waals surface area contributed by atoms with Crippen LogP contribution < -0.4 is 10.8 Å². The Bertz CT molecular complexity index is 1240.